The first kappa shape index (κ1) is 8.60. The minimum Gasteiger partial charge on any atom is -0.362 e. The lowest BCUT2D eigenvalue weighted by molar-refractivity contribution is 0.145. The maximum atomic E-state index is 5.53. The first-order valence-electron chi connectivity index (χ1n) is 3.85. The number of benzene rings is 1. The van der Waals surface area contributed by atoms with Gasteiger partial charge in [0.25, 0.3) is 0 Å². The zero-order valence-corrected chi connectivity index (χ0v) is 8.90. The van der Waals surface area contributed by atoms with Gasteiger partial charge in [-0.15, -0.1) is 11.8 Å². The molecule has 1 aliphatic rings. The molecule has 0 radical (unpaired) electrons. The van der Waals surface area contributed by atoms with Crippen molar-refractivity contribution in [1.29, 1.82) is 0 Å². The van der Waals surface area contributed by atoms with Crippen molar-refractivity contribution < 1.29 is 4.74 Å². The predicted molar refractivity (Wildman–Crippen MR) is 55.3 cm³/mol. The van der Waals surface area contributed by atoms with Crippen LogP contribution in [-0.4, -0.2) is 12.4 Å². The van der Waals surface area contributed by atoms with E-state index in [-0.39, 0.29) is 5.44 Å². The van der Waals surface area contributed by atoms with Crippen LogP contribution in [0.25, 0.3) is 0 Å². The number of hydrogen-bond acceptors (Lipinski definition) is 2. The molecule has 1 aromatic carbocycles. The van der Waals surface area contributed by atoms with E-state index in [0.717, 1.165) is 16.8 Å². The highest BCUT2D eigenvalue weighted by atomic mass is 79.9. The van der Waals surface area contributed by atoms with Crippen LogP contribution in [-0.2, 0) is 4.74 Å². The minimum absolute atomic E-state index is 0.262. The van der Waals surface area contributed by atoms with Gasteiger partial charge in [0.05, 0.1) is 6.61 Å². The van der Waals surface area contributed by atoms with Gasteiger partial charge in [-0.1, -0.05) is 28.1 Å². The second-order valence-corrected chi connectivity index (χ2v) is 4.71. The van der Waals surface area contributed by atoms with Gasteiger partial charge >= 0.3 is 0 Å². The maximum absolute atomic E-state index is 5.53. The highest BCUT2D eigenvalue weighted by Crippen LogP contribution is 2.35. The summed E-state index contributed by atoms with van der Waals surface area (Å²) < 4.78 is 6.65. The molecule has 1 nitrogen and oxygen atoms in total. The average molecular weight is 245 g/mol. The predicted octanol–water partition coefficient (Wildman–Crippen LogP) is 3.21. The topological polar surface area (TPSA) is 9.23 Å². The van der Waals surface area contributed by atoms with Gasteiger partial charge < -0.3 is 4.74 Å². The van der Waals surface area contributed by atoms with E-state index in [1.165, 1.54) is 5.56 Å². The highest BCUT2D eigenvalue weighted by Gasteiger charge is 2.17. The SMILES string of the molecule is Brc1ccc(C2OCCS2)cc1. The molecule has 0 bridgehead atoms. The minimum atomic E-state index is 0.262. The van der Waals surface area contributed by atoms with Crippen LogP contribution in [0.3, 0.4) is 0 Å². The van der Waals surface area contributed by atoms with Gasteiger partial charge in [0.2, 0.25) is 0 Å². The average Bonchev–Trinajstić information content (AvgIpc) is 2.58. The normalized spacial score (nSPS) is 22.9. The van der Waals surface area contributed by atoms with Crippen LogP contribution in [0.4, 0.5) is 0 Å². The summed E-state index contributed by atoms with van der Waals surface area (Å²) >= 11 is 5.27. The highest BCUT2D eigenvalue weighted by molar-refractivity contribution is 9.10. The summed E-state index contributed by atoms with van der Waals surface area (Å²) in [5, 5.41) is 0. The molecule has 64 valence electrons. The molecule has 0 aliphatic carbocycles. The van der Waals surface area contributed by atoms with Crippen LogP contribution in [0, 0.1) is 0 Å². The van der Waals surface area contributed by atoms with Crippen molar-refractivity contribution in [3.63, 3.8) is 0 Å². The lowest BCUT2D eigenvalue weighted by Crippen LogP contribution is -1.91. The van der Waals surface area contributed by atoms with Gasteiger partial charge in [-0.05, 0) is 17.7 Å². The van der Waals surface area contributed by atoms with Crippen molar-refractivity contribution >= 4 is 27.7 Å². The van der Waals surface area contributed by atoms with Crippen molar-refractivity contribution in [1.82, 2.24) is 0 Å². The van der Waals surface area contributed by atoms with Crippen molar-refractivity contribution in [3.8, 4) is 0 Å². The molecule has 0 saturated carbocycles. The van der Waals surface area contributed by atoms with E-state index in [4.69, 9.17) is 4.74 Å². The summed E-state index contributed by atoms with van der Waals surface area (Å²) in [6.45, 7) is 0.880. The Morgan fingerprint density at radius 2 is 2.08 bits per heavy atom. The number of rotatable bonds is 1. The van der Waals surface area contributed by atoms with Crippen LogP contribution < -0.4 is 0 Å². The molecule has 0 N–H and O–H groups in total. The Morgan fingerprint density at radius 1 is 1.33 bits per heavy atom. The smallest absolute Gasteiger partial charge is 0.128 e. The quantitative estimate of drug-likeness (QED) is 0.751. The molecule has 1 aliphatic heterocycles. The standard InChI is InChI=1S/C9H9BrOS/c10-8-3-1-7(2-4-8)9-11-5-6-12-9/h1-4,9H,5-6H2. The van der Waals surface area contributed by atoms with Gasteiger partial charge in [-0.3, -0.25) is 0 Å². The number of hydrogen-bond donors (Lipinski definition) is 0. The summed E-state index contributed by atoms with van der Waals surface area (Å²) in [6.07, 6.45) is 0. The van der Waals surface area contributed by atoms with E-state index in [1.807, 2.05) is 11.8 Å². The summed E-state index contributed by atoms with van der Waals surface area (Å²) in [6, 6.07) is 8.31. The molecular formula is C9H9BrOS. The molecule has 3 heteroatoms. The third kappa shape index (κ3) is 1.84. The summed E-state index contributed by atoms with van der Waals surface area (Å²) in [5.41, 5.74) is 1.53. The van der Waals surface area contributed by atoms with Crippen molar-refractivity contribution in [2.45, 2.75) is 5.44 Å². The Balaban J connectivity index is 2.17. The van der Waals surface area contributed by atoms with E-state index in [1.54, 1.807) is 0 Å². The molecule has 1 fully saturated rings. The second-order valence-electron chi connectivity index (χ2n) is 2.63. The van der Waals surface area contributed by atoms with Gasteiger partial charge in [0.15, 0.2) is 0 Å². The third-order valence-electron chi connectivity index (χ3n) is 1.76. The third-order valence-corrected chi connectivity index (χ3v) is 3.41. The van der Waals surface area contributed by atoms with Crippen molar-refractivity contribution in [2.75, 3.05) is 12.4 Å². The maximum Gasteiger partial charge on any atom is 0.128 e. The Hall–Kier alpha value is 0.01000. The van der Waals surface area contributed by atoms with Crippen molar-refractivity contribution in [3.05, 3.63) is 34.3 Å². The van der Waals surface area contributed by atoms with E-state index in [9.17, 15) is 0 Å². The number of ether oxygens (including phenoxy) is 1. The zero-order chi connectivity index (χ0) is 8.39. The second kappa shape index (κ2) is 3.81. The Kier molecular flexibility index (Phi) is 2.73. The Morgan fingerprint density at radius 3 is 2.67 bits per heavy atom. The molecule has 12 heavy (non-hydrogen) atoms. The Labute approximate surface area is 84.6 Å². The van der Waals surface area contributed by atoms with Gasteiger partial charge in [0, 0.05) is 10.2 Å². The molecule has 0 amide bonds. The molecule has 2 rings (SSSR count). The molecule has 1 atom stereocenters. The van der Waals surface area contributed by atoms with Crippen molar-refractivity contribution in [2.24, 2.45) is 0 Å². The van der Waals surface area contributed by atoms with E-state index in [2.05, 4.69) is 40.2 Å². The molecule has 1 saturated heterocycles. The molecule has 1 aromatic rings. The molecular weight excluding hydrogens is 236 g/mol. The van der Waals surface area contributed by atoms with Crippen LogP contribution >= 0.6 is 27.7 Å². The van der Waals surface area contributed by atoms with Gasteiger partial charge in [-0.25, -0.2) is 0 Å². The van der Waals surface area contributed by atoms with Crippen LogP contribution in [0.1, 0.15) is 11.0 Å². The first-order chi connectivity index (χ1) is 5.86. The first-order valence-corrected chi connectivity index (χ1v) is 5.69. The summed E-state index contributed by atoms with van der Waals surface area (Å²) in [7, 11) is 0. The van der Waals surface area contributed by atoms with E-state index >= 15 is 0 Å². The van der Waals surface area contributed by atoms with Crippen LogP contribution in [0.5, 0.6) is 0 Å². The summed E-state index contributed by atoms with van der Waals surface area (Å²) in [5.74, 6) is 1.11. The van der Waals surface area contributed by atoms with Gasteiger partial charge in [-0.2, -0.15) is 0 Å². The van der Waals surface area contributed by atoms with Gasteiger partial charge in [0.1, 0.15) is 5.44 Å². The molecule has 1 unspecified atom stereocenters. The van der Waals surface area contributed by atoms with E-state index < -0.39 is 0 Å². The number of halogens is 1. The van der Waals surface area contributed by atoms with E-state index in [0.29, 0.717) is 0 Å². The van der Waals surface area contributed by atoms with Crippen LogP contribution in [0.15, 0.2) is 28.7 Å². The molecule has 1 heterocycles. The fourth-order valence-electron chi connectivity index (χ4n) is 1.17. The summed E-state index contributed by atoms with van der Waals surface area (Å²) in [4.78, 5) is 0. The lowest BCUT2D eigenvalue weighted by atomic mass is 10.2. The fourth-order valence-corrected chi connectivity index (χ4v) is 2.38. The number of thioether (sulfide) groups is 1. The molecule has 0 spiro atoms. The largest absolute Gasteiger partial charge is 0.362 e. The Bertz CT molecular complexity index is 254. The van der Waals surface area contributed by atoms with Crippen LogP contribution in [0.2, 0.25) is 0 Å². The monoisotopic (exact) mass is 244 g/mol. The zero-order valence-electron chi connectivity index (χ0n) is 6.50. The molecule has 0 aromatic heterocycles. The lowest BCUT2D eigenvalue weighted by Gasteiger charge is -2.07. The fraction of sp³-hybridized carbons (Fsp3) is 0.333.